The monoisotopic (exact) mass is 578 g/mol. The molecule has 0 radical (unpaired) electrons. The zero-order valence-electron chi connectivity index (χ0n) is 22.8. The van der Waals surface area contributed by atoms with E-state index >= 15 is 0 Å². The number of hydrazone groups is 1. The Bertz CT molecular complexity index is 1640. The summed E-state index contributed by atoms with van der Waals surface area (Å²) in [6, 6.07) is 12.7. The number of ether oxygens (including phenoxy) is 3. The molecule has 1 aliphatic carbocycles. The first-order valence-corrected chi connectivity index (χ1v) is 14.6. The highest BCUT2D eigenvalue weighted by atomic mass is 32.2. The smallest absolute Gasteiger partial charge is 0.267 e. The van der Waals surface area contributed by atoms with Crippen molar-refractivity contribution in [3.8, 4) is 22.9 Å². The van der Waals surface area contributed by atoms with Gasteiger partial charge in [0.25, 0.3) is 11.5 Å². The molecule has 5 rings (SSSR count). The van der Waals surface area contributed by atoms with E-state index in [0.29, 0.717) is 39.2 Å². The van der Waals surface area contributed by atoms with Crippen molar-refractivity contribution in [2.24, 2.45) is 5.10 Å². The van der Waals surface area contributed by atoms with Crippen LogP contribution >= 0.6 is 23.1 Å². The van der Waals surface area contributed by atoms with Gasteiger partial charge in [0.1, 0.15) is 10.6 Å². The molecule has 0 bridgehead atoms. The number of thioether (sulfide) groups is 1. The Morgan fingerprint density at radius 2 is 1.80 bits per heavy atom. The van der Waals surface area contributed by atoms with E-state index in [4.69, 9.17) is 19.2 Å². The first-order valence-electron chi connectivity index (χ1n) is 12.8. The lowest BCUT2D eigenvalue weighted by molar-refractivity contribution is -0.118. The number of nitrogens with zero attached hydrogens (tertiary/aromatic N) is 3. The van der Waals surface area contributed by atoms with E-state index in [-0.39, 0.29) is 17.2 Å². The molecule has 0 saturated heterocycles. The van der Waals surface area contributed by atoms with Gasteiger partial charge in [-0.25, -0.2) is 10.4 Å². The fourth-order valence-electron chi connectivity index (χ4n) is 4.68. The molecule has 0 fully saturated rings. The van der Waals surface area contributed by atoms with Gasteiger partial charge in [0.2, 0.25) is 0 Å². The number of aromatic nitrogens is 2. The van der Waals surface area contributed by atoms with Crippen LogP contribution in [0.15, 0.2) is 57.5 Å². The van der Waals surface area contributed by atoms with Crippen LogP contribution in [0.1, 0.15) is 35.8 Å². The third-order valence-corrected chi connectivity index (χ3v) is 8.90. The lowest BCUT2D eigenvalue weighted by Gasteiger charge is -2.14. The molecule has 11 heteroatoms. The lowest BCUT2D eigenvalue weighted by atomic mass is 9.97. The van der Waals surface area contributed by atoms with Gasteiger partial charge in [-0.05, 0) is 80.6 Å². The summed E-state index contributed by atoms with van der Waals surface area (Å²) in [5, 5.41) is 5.40. The first-order chi connectivity index (χ1) is 19.4. The Kier molecular flexibility index (Phi) is 8.41. The minimum Gasteiger partial charge on any atom is -0.497 e. The summed E-state index contributed by atoms with van der Waals surface area (Å²) in [7, 11) is 4.74. The number of benzene rings is 2. The van der Waals surface area contributed by atoms with Gasteiger partial charge in [0, 0.05) is 10.4 Å². The molecule has 2 aromatic carbocycles. The van der Waals surface area contributed by atoms with E-state index in [1.165, 1.54) is 16.6 Å². The van der Waals surface area contributed by atoms with E-state index in [9.17, 15) is 9.59 Å². The Balaban J connectivity index is 1.41. The van der Waals surface area contributed by atoms with Crippen molar-refractivity contribution in [1.29, 1.82) is 0 Å². The Morgan fingerprint density at radius 1 is 1.05 bits per heavy atom. The maximum atomic E-state index is 13.9. The number of rotatable bonds is 9. The predicted octanol–water partition coefficient (Wildman–Crippen LogP) is 4.98. The second kappa shape index (κ2) is 12.1. The fourth-order valence-corrected chi connectivity index (χ4v) is 6.78. The number of amides is 1. The second-order valence-corrected chi connectivity index (χ2v) is 11.2. The number of aryl methyl sites for hydroxylation is 2. The van der Waals surface area contributed by atoms with E-state index in [0.717, 1.165) is 41.6 Å². The molecular formula is C29H30N4O5S2. The largest absolute Gasteiger partial charge is 0.497 e. The van der Waals surface area contributed by atoms with Gasteiger partial charge >= 0.3 is 0 Å². The van der Waals surface area contributed by atoms with Crippen LogP contribution in [0.3, 0.4) is 0 Å². The van der Waals surface area contributed by atoms with Gasteiger partial charge in [0.15, 0.2) is 16.7 Å². The summed E-state index contributed by atoms with van der Waals surface area (Å²) < 4.78 is 17.5. The van der Waals surface area contributed by atoms with Crippen LogP contribution in [0.5, 0.6) is 17.2 Å². The molecule has 1 amide bonds. The van der Waals surface area contributed by atoms with Crippen molar-refractivity contribution in [3.63, 3.8) is 0 Å². The third kappa shape index (κ3) is 5.57. The highest BCUT2D eigenvalue weighted by molar-refractivity contribution is 7.99. The van der Waals surface area contributed by atoms with Crippen LogP contribution < -0.4 is 25.2 Å². The summed E-state index contributed by atoms with van der Waals surface area (Å²) in [6.07, 6.45) is 4.06. The highest BCUT2D eigenvalue weighted by Crippen LogP contribution is 2.35. The van der Waals surface area contributed by atoms with E-state index < -0.39 is 0 Å². The summed E-state index contributed by atoms with van der Waals surface area (Å²) in [4.78, 5) is 33.6. The topological polar surface area (TPSA) is 104 Å². The van der Waals surface area contributed by atoms with Crippen molar-refractivity contribution in [3.05, 3.63) is 68.8 Å². The minimum absolute atomic E-state index is 0.0297. The Morgan fingerprint density at radius 3 is 2.52 bits per heavy atom. The van der Waals surface area contributed by atoms with E-state index in [1.54, 1.807) is 56.3 Å². The van der Waals surface area contributed by atoms with Crippen molar-refractivity contribution in [1.82, 2.24) is 15.0 Å². The molecule has 1 N–H and O–H groups in total. The number of carbonyl (C=O) groups is 1. The molecule has 0 aliphatic heterocycles. The lowest BCUT2D eigenvalue weighted by Crippen LogP contribution is -2.24. The highest BCUT2D eigenvalue weighted by Gasteiger charge is 2.23. The molecule has 1 aliphatic rings. The molecular weight excluding hydrogens is 548 g/mol. The maximum absolute atomic E-state index is 13.9. The summed E-state index contributed by atoms with van der Waals surface area (Å²) in [5.74, 6) is 1.59. The molecule has 0 saturated carbocycles. The number of carbonyl (C=O) groups excluding carboxylic acids is 1. The van der Waals surface area contributed by atoms with Crippen molar-refractivity contribution in [2.75, 3.05) is 27.1 Å². The van der Waals surface area contributed by atoms with Gasteiger partial charge in [-0.3, -0.25) is 14.2 Å². The molecule has 9 nitrogen and oxygen atoms in total. The van der Waals surface area contributed by atoms with Crippen molar-refractivity contribution < 1.29 is 19.0 Å². The molecule has 0 spiro atoms. The Hall–Kier alpha value is -3.83. The number of thiophene rings is 1. The SMILES string of the molecule is COc1ccc(-n2c(SCC(=O)NN=C(C)c3ccc(OC)c(OC)c3)nc3sc4c(c3c2=O)CCCC4)cc1. The van der Waals surface area contributed by atoms with Crippen molar-refractivity contribution in [2.45, 2.75) is 37.8 Å². The molecule has 2 heterocycles. The zero-order valence-corrected chi connectivity index (χ0v) is 24.4. The van der Waals surface area contributed by atoms with Gasteiger partial charge in [0.05, 0.1) is 43.9 Å². The summed E-state index contributed by atoms with van der Waals surface area (Å²) in [6.45, 7) is 1.80. The van der Waals surface area contributed by atoms with Crippen LogP contribution in [0.2, 0.25) is 0 Å². The van der Waals surface area contributed by atoms with Crippen LogP contribution in [0, 0.1) is 0 Å². The number of hydrogen-bond acceptors (Lipinski definition) is 9. The van der Waals surface area contributed by atoms with Crippen LogP contribution in [0.4, 0.5) is 0 Å². The molecule has 4 aromatic rings. The molecule has 0 unspecified atom stereocenters. The van der Waals surface area contributed by atoms with E-state index in [1.807, 2.05) is 30.3 Å². The number of hydrogen-bond donors (Lipinski definition) is 1. The molecule has 0 atom stereocenters. The predicted molar refractivity (Wildman–Crippen MR) is 159 cm³/mol. The molecule has 2 aromatic heterocycles. The average molecular weight is 579 g/mol. The normalized spacial score (nSPS) is 13.2. The molecule has 40 heavy (non-hydrogen) atoms. The zero-order chi connectivity index (χ0) is 28.2. The molecule has 208 valence electrons. The average Bonchev–Trinajstić information content (AvgIpc) is 3.37. The van der Waals surface area contributed by atoms with Gasteiger partial charge < -0.3 is 14.2 Å². The standard InChI is InChI=1S/C29H30N4O5S2/c1-17(18-9-14-22(37-3)23(15-18)38-4)31-32-25(34)16-39-29-30-27-26(21-7-5-6-8-24(21)40-27)28(35)33(29)19-10-12-20(36-2)13-11-19/h9-15H,5-8,16H2,1-4H3,(H,32,34). The summed E-state index contributed by atoms with van der Waals surface area (Å²) >= 11 is 2.79. The number of fused-ring (bicyclic) bond motifs is 3. The first kappa shape index (κ1) is 27.7. The second-order valence-electron chi connectivity index (χ2n) is 9.21. The number of methoxy groups -OCH3 is 3. The van der Waals surface area contributed by atoms with Gasteiger partial charge in [-0.2, -0.15) is 5.10 Å². The van der Waals surface area contributed by atoms with Gasteiger partial charge in [-0.15, -0.1) is 11.3 Å². The number of nitrogens with one attached hydrogen (secondary N) is 1. The van der Waals surface area contributed by atoms with Crippen molar-refractivity contribution >= 4 is 44.9 Å². The summed E-state index contributed by atoms with van der Waals surface area (Å²) in [5.41, 5.74) is 5.69. The van der Waals surface area contributed by atoms with Crippen LogP contribution in [0.25, 0.3) is 15.9 Å². The fraction of sp³-hybridized carbons (Fsp3) is 0.310. The Labute approximate surface area is 240 Å². The van der Waals surface area contributed by atoms with E-state index in [2.05, 4.69) is 10.5 Å². The van der Waals surface area contributed by atoms with Gasteiger partial charge in [-0.1, -0.05) is 11.8 Å². The van der Waals surface area contributed by atoms with Crippen LogP contribution in [-0.2, 0) is 17.6 Å². The quantitative estimate of drug-likeness (QED) is 0.129. The third-order valence-electron chi connectivity index (χ3n) is 6.77. The minimum atomic E-state index is -0.314. The van der Waals surface area contributed by atoms with Crippen LogP contribution in [-0.4, -0.2) is 48.3 Å². The maximum Gasteiger partial charge on any atom is 0.267 e.